The third kappa shape index (κ3) is 3.91. The van der Waals surface area contributed by atoms with Gasteiger partial charge in [-0.3, -0.25) is 0 Å². The van der Waals surface area contributed by atoms with E-state index in [0.29, 0.717) is 0 Å². The van der Waals surface area contributed by atoms with Crippen LogP contribution in [-0.2, 0) is 6.54 Å². The van der Waals surface area contributed by atoms with Crippen LogP contribution in [0, 0.1) is 6.92 Å². The van der Waals surface area contributed by atoms with Gasteiger partial charge in [0.15, 0.2) is 0 Å². The fourth-order valence-electron chi connectivity index (χ4n) is 1.92. The molecule has 4 nitrogen and oxygen atoms in total. The molecule has 0 radical (unpaired) electrons. The molecular formula is C15H21N3O. The molecule has 1 atom stereocenters. The van der Waals surface area contributed by atoms with Crippen LogP contribution in [0.5, 0.6) is 0 Å². The Balaban J connectivity index is 1.97. The topological polar surface area (TPSA) is 50.1 Å². The predicted molar refractivity (Wildman–Crippen MR) is 76.3 cm³/mol. The monoisotopic (exact) mass is 259 g/mol. The highest BCUT2D eigenvalue weighted by Crippen LogP contribution is 2.11. The highest BCUT2D eigenvalue weighted by molar-refractivity contribution is 5.32. The average Bonchev–Trinajstić information content (AvgIpc) is 2.77. The first-order valence-corrected chi connectivity index (χ1v) is 6.66. The van der Waals surface area contributed by atoms with Crippen LogP contribution < -0.4 is 5.32 Å². The Morgan fingerprint density at radius 3 is 2.74 bits per heavy atom. The van der Waals surface area contributed by atoms with Crippen LogP contribution in [0.3, 0.4) is 0 Å². The number of aromatic nitrogens is 2. The summed E-state index contributed by atoms with van der Waals surface area (Å²) in [4.78, 5) is 0. The van der Waals surface area contributed by atoms with E-state index in [-0.39, 0.29) is 6.10 Å². The molecule has 2 N–H and O–H groups in total. The van der Waals surface area contributed by atoms with E-state index in [1.807, 2.05) is 41.9 Å². The summed E-state index contributed by atoms with van der Waals surface area (Å²) in [6.45, 7) is 5.42. The second kappa shape index (κ2) is 6.50. The van der Waals surface area contributed by atoms with Gasteiger partial charge >= 0.3 is 0 Å². The average molecular weight is 259 g/mol. The van der Waals surface area contributed by atoms with Crippen LogP contribution in [0.2, 0.25) is 0 Å². The molecule has 0 saturated carbocycles. The molecule has 1 aromatic carbocycles. The molecule has 102 valence electrons. The number of nitrogens with one attached hydrogen (secondary N) is 1. The summed E-state index contributed by atoms with van der Waals surface area (Å²) in [6.07, 6.45) is 2.58. The number of nitrogens with zero attached hydrogens (tertiary/aromatic N) is 2. The van der Waals surface area contributed by atoms with Gasteiger partial charge in [0, 0.05) is 18.3 Å². The van der Waals surface area contributed by atoms with Crippen molar-refractivity contribution in [2.24, 2.45) is 0 Å². The summed E-state index contributed by atoms with van der Waals surface area (Å²) >= 11 is 0. The lowest BCUT2D eigenvalue weighted by atomic mass is 10.2. The molecule has 0 aliphatic heterocycles. The maximum atomic E-state index is 9.20. The minimum atomic E-state index is -0.249. The Labute approximate surface area is 114 Å². The van der Waals surface area contributed by atoms with Crippen molar-refractivity contribution in [1.29, 1.82) is 0 Å². The number of hydrogen-bond acceptors (Lipinski definition) is 3. The number of aryl methyl sites for hydroxylation is 1. The van der Waals surface area contributed by atoms with E-state index < -0.39 is 0 Å². The van der Waals surface area contributed by atoms with Gasteiger partial charge in [-0.1, -0.05) is 18.2 Å². The lowest BCUT2D eigenvalue weighted by Gasteiger charge is -2.05. The zero-order valence-corrected chi connectivity index (χ0v) is 11.5. The van der Waals surface area contributed by atoms with E-state index in [2.05, 4.69) is 16.6 Å². The van der Waals surface area contributed by atoms with Crippen LogP contribution in [0.1, 0.15) is 24.6 Å². The van der Waals surface area contributed by atoms with Crippen LogP contribution in [-0.4, -0.2) is 27.5 Å². The quantitative estimate of drug-likeness (QED) is 0.781. The number of hydrogen-bond donors (Lipinski definition) is 2. The van der Waals surface area contributed by atoms with E-state index in [1.54, 1.807) is 6.92 Å². The summed E-state index contributed by atoms with van der Waals surface area (Å²) < 4.78 is 1.90. The van der Waals surface area contributed by atoms with Gasteiger partial charge in [-0.05, 0) is 38.9 Å². The normalized spacial score (nSPS) is 12.6. The first-order chi connectivity index (χ1) is 9.16. The van der Waals surface area contributed by atoms with Gasteiger partial charge in [-0.2, -0.15) is 5.10 Å². The molecule has 0 aliphatic carbocycles. The molecule has 2 aromatic rings. The Morgan fingerprint density at radius 1 is 1.32 bits per heavy atom. The van der Waals surface area contributed by atoms with Crippen molar-refractivity contribution in [2.75, 3.05) is 6.54 Å². The SMILES string of the molecule is Cc1nn(-c2ccccc2)cc1CNCCC(C)O. The van der Waals surface area contributed by atoms with E-state index in [1.165, 1.54) is 5.56 Å². The highest BCUT2D eigenvalue weighted by Gasteiger charge is 2.05. The van der Waals surface area contributed by atoms with Crippen molar-refractivity contribution in [1.82, 2.24) is 15.1 Å². The second-order valence-electron chi connectivity index (χ2n) is 4.83. The molecule has 0 fully saturated rings. The van der Waals surface area contributed by atoms with E-state index in [4.69, 9.17) is 0 Å². The molecule has 2 rings (SSSR count). The second-order valence-corrected chi connectivity index (χ2v) is 4.83. The smallest absolute Gasteiger partial charge is 0.0645 e. The van der Waals surface area contributed by atoms with Crippen molar-refractivity contribution < 1.29 is 5.11 Å². The third-order valence-electron chi connectivity index (χ3n) is 3.08. The lowest BCUT2D eigenvalue weighted by Crippen LogP contribution is -2.18. The number of aliphatic hydroxyl groups excluding tert-OH is 1. The van der Waals surface area contributed by atoms with Gasteiger partial charge in [0.1, 0.15) is 0 Å². The minimum absolute atomic E-state index is 0.249. The summed E-state index contributed by atoms with van der Waals surface area (Å²) in [7, 11) is 0. The molecule has 0 aliphatic rings. The van der Waals surface area contributed by atoms with Crippen LogP contribution in [0.25, 0.3) is 5.69 Å². The van der Waals surface area contributed by atoms with Crippen molar-refractivity contribution in [3.05, 3.63) is 47.8 Å². The highest BCUT2D eigenvalue weighted by atomic mass is 16.3. The van der Waals surface area contributed by atoms with Gasteiger partial charge in [-0.15, -0.1) is 0 Å². The maximum Gasteiger partial charge on any atom is 0.0645 e. The lowest BCUT2D eigenvalue weighted by molar-refractivity contribution is 0.183. The first kappa shape index (κ1) is 13.8. The first-order valence-electron chi connectivity index (χ1n) is 6.66. The molecular weight excluding hydrogens is 238 g/mol. The van der Waals surface area contributed by atoms with Gasteiger partial charge in [0.25, 0.3) is 0 Å². The van der Waals surface area contributed by atoms with E-state index in [9.17, 15) is 5.11 Å². The Hall–Kier alpha value is -1.65. The molecule has 0 amide bonds. The zero-order valence-electron chi connectivity index (χ0n) is 11.5. The zero-order chi connectivity index (χ0) is 13.7. The fraction of sp³-hybridized carbons (Fsp3) is 0.400. The fourth-order valence-corrected chi connectivity index (χ4v) is 1.92. The molecule has 4 heteroatoms. The van der Waals surface area contributed by atoms with E-state index in [0.717, 1.165) is 30.9 Å². The third-order valence-corrected chi connectivity index (χ3v) is 3.08. The predicted octanol–water partition coefficient (Wildman–Crippen LogP) is 2.04. The van der Waals surface area contributed by atoms with Crippen molar-refractivity contribution >= 4 is 0 Å². The van der Waals surface area contributed by atoms with E-state index >= 15 is 0 Å². The molecule has 0 bridgehead atoms. The summed E-state index contributed by atoms with van der Waals surface area (Å²) in [5, 5.41) is 17.0. The van der Waals surface area contributed by atoms with Gasteiger partial charge in [0.05, 0.1) is 17.5 Å². The van der Waals surface area contributed by atoms with Crippen molar-refractivity contribution in [3.8, 4) is 5.69 Å². The Bertz CT molecular complexity index is 505. The molecule has 1 heterocycles. The summed E-state index contributed by atoms with van der Waals surface area (Å²) in [6, 6.07) is 10.1. The molecule has 1 aromatic heterocycles. The van der Waals surface area contributed by atoms with Crippen LogP contribution in [0.4, 0.5) is 0 Å². The summed E-state index contributed by atoms with van der Waals surface area (Å²) in [5.74, 6) is 0. The molecule has 19 heavy (non-hydrogen) atoms. The van der Waals surface area contributed by atoms with Gasteiger partial charge in [0.2, 0.25) is 0 Å². The van der Waals surface area contributed by atoms with Gasteiger partial charge in [-0.25, -0.2) is 4.68 Å². The van der Waals surface area contributed by atoms with Crippen molar-refractivity contribution in [3.63, 3.8) is 0 Å². The molecule has 1 unspecified atom stereocenters. The van der Waals surface area contributed by atoms with Gasteiger partial charge < -0.3 is 10.4 Å². The largest absolute Gasteiger partial charge is 0.393 e. The van der Waals surface area contributed by atoms with Crippen molar-refractivity contribution in [2.45, 2.75) is 32.9 Å². The molecule has 0 saturated heterocycles. The Morgan fingerprint density at radius 2 is 2.05 bits per heavy atom. The maximum absolute atomic E-state index is 9.20. The summed E-state index contributed by atoms with van der Waals surface area (Å²) in [5.41, 5.74) is 3.30. The Kier molecular flexibility index (Phi) is 4.71. The number of aliphatic hydroxyl groups is 1. The molecule has 0 spiro atoms. The van der Waals surface area contributed by atoms with Crippen LogP contribution >= 0.6 is 0 Å². The number of para-hydroxylation sites is 1. The number of rotatable bonds is 6. The number of benzene rings is 1. The minimum Gasteiger partial charge on any atom is -0.393 e. The van der Waals surface area contributed by atoms with Crippen LogP contribution in [0.15, 0.2) is 36.5 Å². The standard InChI is InChI=1S/C15H21N3O/c1-12(19)8-9-16-10-14-11-18(17-13(14)2)15-6-4-3-5-7-15/h3-7,11-12,16,19H,8-10H2,1-2H3.